The average molecular weight is 267 g/mol. The van der Waals surface area contributed by atoms with E-state index in [9.17, 15) is 9.59 Å². The van der Waals surface area contributed by atoms with Gasteiger partial charge in [-0.3, -0.25) is 14.3 Å². The molecule has 0 radical (unpaired) electrons. The third-order valence-corrected chi connectivity index (χ3v) is 2.89. The predicted octanol–water partition coefficient (Wildman–Crippen LogP) is -0.0462. The first-order chi connectivity index (χ1) is 8.79. The minimum absolute atomic E-state index is 0.0131. The van der Waals surface area contributed by atoms with Crippen LogP contribution in [0, 0.1) is 6.92 Å². The third kappa shape index (κ3) is 3.04. The normalized spacial score (nSPS) is 10.4. The quantitative estimate of drug-likeness (QED) is 0.829. The third-order valence-electron chi connectivity index (χ3n) is 2.89. The van der Waals surface area contributed by atoms with Gasteiger partial charge in [0.2, 0.25) is 5.91 Å². The molecule has 1 heterocycles. The highest BCUT2D eigenvalue weighted by Crippen LogP contribution is 2.18. The van der Waals surface area contributed by atoms with Crippen LogP contribution in [0.4, 0.5) is 5.69 Å². The molecule has 1 rings (SSSR count). The molecule has 2 amide bonds. The number of hydrogen-bond acceptors (Lipinski definition) is 4. The summed E-state index contributed by atoms with van der Waals surface area (Å²) >= 11 is 0. The van der Waals surface area contributed by atoms with Gasteiger partial charge >= 0.3 is 0 Å². The van der Waals surface area contributed by atoms with Crippen molar-refractivity contribution in [3.8, 4) is 0 Å². The van der Waals surface area contributed by atoms with Gasteiger partial charge in [-0.25, -0.2) is 0 Å². The molecule has 1 aromatic rings. The van der Waals surface area contributed by atoms with Crippen LogP contribution in [-0.4, -0.2) is 59.1 Å². The lowest BCUT2D eigenvalue weighted by molar-refractivity contribution is -0.129. The Morgan fingerprint density at radius 2 is 1.89 bits per heavy atom. The van der Waals surface area contributed by atoms with Crippen molar-refractivity contribution < 1.29 is 9.59 Å². The maximum atomic E-state index is 12.3. The molecule has 0 atom stereocenters. The second-order valence-electron chi connectivity index (χ2n) is 4.61. The van der Waals surface area contributed by atoms with Crippen LogP contribution in [0.5, 0.6) is 0 Å². The number of nitrogen functional groups attached to an aromatic ring is 1. The Bertz CT molecular complexity index is 493. The molecular weight excluding hydrogens is 246 g/mol. The summed E-state index contributed by atoms with van der Waals surface area (Å²) in [5.41, 5.74) is 7.22. The molecule has 0 fully saturated rings. The van der Waals surface area contributed by atoms with Crippen molar-refractivity contribution in [2.75, 3.05) is 33.4 Å². The van der Waals surface area contributed by atoms with Crippen LogP contribution in [-0.2, 0) is 11.3 Å². The van der Waals surface area contributed by atoms with Crippen molar-refractivity contribution in [3.05, 3.63) is 11.4 Å². The standard InChI is InChI=1S/C12H21N5O2/c1-6-17-11(10(13)8(2)14-17)12(19)16(5)7-9(18)15(3)4/h6-7,13H2,1-5H3. The van der Waals surface area contributed by atoms with E-state index in [-0.39, 0.29) is 18.4 Å². The number of amides is 2. The number of rotatable bonds is 4. The fourth-order valence-corrected chi connectivity index (χ4v) is 1.65. The Balaban J connectivity index is 2.97. The molecule has 106 valence electrons. The molecule has 0 bridgehead atoms. The number of likely N-dealkylation sites (N-methyl/N-ethyl adjacent to an activating group) is 2. The molecule has 7 nitrogen and oxygen atoms in total. The molecule has 7 heteroatoms. The summed E-state index contributed by atoms with van der Waals surface area (Å²) in [6.07, 6.45) is 0. The Labute approximate surface area is 113 Å². The van der Waals surface area contributed by atoms with Crippen molar-refractivity contribution >= 4 is 17.5 Å². The van der Waals surface area contributed by atoms with E-state index >= 15 is 0 Å². The van der Waals surface area contributed by atoms with Gasteiger partial charge < -0.3 is 15.5 Å². The summed E-state index contributed by atoms with van der Waals surface area (Å²) in [6.45, 7) is 4.20. The van der Waals surface area contributed by atoms with Gasteiger partial charge in [0.15, 0.2) is 0 Å². The van der Waals surface area contributed by atoms with Crippen LogP contribution in [0.1, 0.15) is 23.1 Å². The molecule has 1 aromatic heterocycles. The fraction of sp³-hybridized carbons (Fsp3) is 0.583. The molecule has 2 N–H and O–H groups in total. The largest absolute Gasteiger partial charge is 0.395 e. The molecule has 0 aliphatic rings. The molecule has 0 spiro atoms. The van der Waals surface area contributed by atoms with Crippen LogP contribution in [0.2, 0.25) is 0 Å². The van der Waals surface area contributed by atoms with Crippen molar-refractivity contribution in [1.82, 2.24) is 19.6 Å². The summed E-state index contributed by atoms with van der Waals surface area (Å²) in [5.74, 6) is -0.441. The predicted molar refractivity (Wildman–Crippen MR) is 72.7 cm³/mol. The van der Waals surface area contributed by atoms with Gasteiger partial charge in [0.25, 0.3) is 5.91 Å². The highest BCUT2D eigenvalue weighted by atomic mass is 16.2. The number of carbonyl (C=O) groups is 2. The molecule has 0 saturated heterocycles. The molecule has 0 unspecified atom stereocenters. The number of hydrogen-bond donors (Lipinski definition) is 1. The number of aromatic nitrogens is 2. The van der Waals surface area contributed by atoms with E-state index in [4.69, 9.17) is 5.73 Å². The zero-order valence-electron chi connectivity index (χ0n) is 12.1. The number of nitrogens with zero attached hydrogens (tertiary/aromatic N) is 4. The van der Waals surface area contributed by atoms with E-state index in [1.165, 1.54) is 9.80 Å². The minimum atomic E-state index is -0.296. The summed E-state index contributed by atoms with van der Waals surface area (Å²) in [7, 11) is 4.87. The van der Waals surface area contributed by atoms with E-state index < -0.39 is 0 Å². The SMILES string of the molecule is CCn1nc(C)c(N)c1C(=O)N(C)CC(=O)N(C)C. The lowest BCUT2D eigenvalue weighted by Gasteiger charge is -2.19. The maximum absolute atomic E-state index is 12.3. The van der Waals surface area contributed by atoms with Gasteiger partial charge in [-0.05, 0) is 13.8 Å². The Hall–Kier alpha value is -2.05. The van der Waals surface area contributed by atoms with E-state index in [0.717, 1.165) is 0 Å². The monoisotopic (exact) mass is 267 g/mol. The van der Waals surface area contributed by atoms with Crippen LogP contribution >= 0.6 is 0 Å². The second kappa shape index (κ2) is 5.73. The van der Waals surface area contributed by atoms with Crippen molar-refractivity contribution in [2.45, 2.75) is 20.4 Å². The van der Waals surface area contributed by atoms with Gasteiger partial charge in [0, 0.05) is 27.7 Å². The van der Waals surface area contributed by atoms with Gasteiger partial charge in [-0.15, -0.1) is 0 Å². The van der Waals surface area contributed by atoms with E-state index in [1.54, 1.807) is 32.7 Å². The van der Waals surface area contributed by atoms with E-state index in [0.29, 0.717) is 23.6 Å². The molecule has 0 saturated carbocycles. The molecule has 0 aromatic carbocycles. The van der Waals surface area contributed by atoms with Crippen LogP contribution < -0.4 is 5.73 Å². The highest BCUT2D eigenvalue weighted by molar-refractivity contribution is 5.99. The Kier molecular flexibility index (Phi) is 4.52. The van der Waals surface area contributed by atoms with Crippen LogP contribution in [0.3, 0.4) is 0 Å². The van der Waals surface area contributed by atoms with Gasteiger partial charge in [-0.2, -0.15) is 5.10 Å². The second-order valence-corrected chi connectivity index (χ2v) is 4.61. The zero-order chi connectivity index (χ0) is 14.7. The van der Waals surface area contributed by atoms with Crippen molar-refractivity contribution in [2.24, 2.45) is 0 Å². The lowest BCUT2D eigenvalue weighted by Crippen LogP contribution is -2.38. The van der Waals surface area contributed by atoms with Gasteiger partial charge in [0.1, 0.15) is 5.69 Å². The lowest BCUT2D eigenvalue weighted by atomic mass is 10.2. The zero-order valence-corrected chi connectivity index (χ0v) is 12.1. The summed E-state index contributed by atoms with van der Waals surface area (Å²) in [5, 5.41) is 4.20. The van der Waals surface area contributed by atoms with E-state index in [1.807, 2.05) is 6.92 Å². The first-order valence-electron chi connectivity index (χ1n) is 6.08. The van der Waals surface area contributed by atoms with Crippen LogP contribution in [0.15, 0.2) is 0 Å². The Morgan fingerprint density at radius 1 is 1.32 bits per heavy atom. The topological polar surface area (TPSA) is 84.5 Å². The van der Waals surface area contributed by atoms with Gasteiger partial charge in [-0.1, -0.05) is 0 Å². The summed E-state index contributed by atoms with van der Waals surface area (Å²) < 4.78 is 1.56. The van der Waals surface area contributed by atoms with Crippen molar-refractivity contribution in [1.29, 1.82) is 0 Å². The summed E-state index contributed by atoms with van der Waals surface area (Å²) in [6, 6.07) is 0. The van der Waals surface area contributed by atoms with Crippen molar-refractivity contribution in [3.63, 3.8) is 0 Å². The fourth-order valence-electron chi connectivity index (χ4n) is 1.65. The first-order valence-corrected chi connectivity index (χ1v) is 6.08. The number of anilines is 1. The average Bonchev–Trinajstić information content (AvgIpc) is 2.64. The molecule has 19 heavy (non-hydrogen) atoms. The highest BCUT2D eigenvalue weighted by Gasteiger charge is 2.23. The molecule has 0 aliphatic carbocycles. The van der Waals surface area contributed by atoms with E-state index in [2.05, 4.69) is 5.10 Å². The first kappa shape index (κ1) is 15.0. The number of nitrogens with two attached hydrogens (primary N) is 1. The number of aryl methyl sites for hydroxylation is 2. The minimum Gasteiger partial charge on any atom is -0.395 e. The molecule has 0 aliphatic heterocycles. The smallest absolute Gasteiger partial charge is 0.274 e. The summed E-state index contributed by atoms with van der Waals surface area (Å²) in [4.78, 5) is 26.7. The molecular formula is C12H21N5O2. The Morgan fingerprint density at radius 3 is 2.37 bits per heavy atom. The van der Waals surface area contributed by atoms with Gasteiger partial charge in [0.05, 0.1) is 17.9 Å². The van der Waals surface area contributed by atoms with Crippen LogP contribution in [0.25, 0.3) is 0 Å². The maximum Gasteiger partial charge on any atom is 0.274 e. The number of carbonyl (C=O) groups excluding carboxylic acids is 2.